The summed E-state index contributed by atoms with van der Waals surface area (Å²) < 4.78 is 16.3. The fourth-order valence-electron chi connectivity index (χ4n) is 4.15. The summed E-state index contributed by atoms with van der Waals surface area (Å²) in [5, 5.41) is 0. The lowest BCUT2D eigenvalue weighted by molar-refractivity contribution is 0.389. The van der Waals surface area contributed by atoms with Crippen LogP contribution in [0.15, 0.2) is 48.5 Å². The van der Waals surface area contributed by atoms with Crippen LogP contribution in [0.3, 0.4) is 0 Å². The Hall–Kier alpha value is -2.08. The van der Waals surface area contributed by atoms with Gasteiger partial charge in [-0.2, -0.15) is 0 Å². The molecule has 0 N–H and O–H groups in total. The highest BCUT2D eigenvalue weighted by Crippen LogP contribution is 2.25. The molecule has 0 amide bonds. The highest BCUT2D eigenvalue weighted by atomic mass is 16.6. The van der Waals surface area contributed by atoms with Gasteiger partial charge in [-0.1, -0.05) is 38.1 Å². The zero-order chi connectivity index (χ0) is 21.2. The second kappa shape index (κ2) is 9.19. The van der Waals surface area contributed by atoms with Crippen molar-refractivity contribution in [3.63, 3.8) is 0 Å². The second-order valence-corrected chi connectivity index (χ2v) is 9.58. The fraction of sp³-hybridized carbons (Fsp3) is 0.538. The van der Waals surface area contributed by atoms with Gasteiger partial charge in [-0.05, 0) is 47.7 Å². The van der Waals surface area contributed by atoms with Crippen molar-refractivity contribution < 1.29 is 14.2 Å². The van der Waals surface area contributed by atoms with Crippen LogP contribution in [0.25, 0.3) is 0 Å². The molecule has 3 fully saturated rings. The number of anilines is 2. The van der Waals surface area contributed by atoms with Crippen LogP contribution in [0.1, 0.15) is 25.0 Å². The van der Waals surface area contributed by atoms with Crippen LogP contribution >= 0.6 is 0 Å². The predicted molar refractivity (Wildman–Crippen MR) is 124 cm³/mol. The number of epoxide rings is 3. The van der Waals surface area contributed by atoms with Gasteiger partial charge in [0.15, 0.2) is 0 Å². The molecule has 3 unspecified atom stereocenters. The Labute approximate surface area is 185 Å². The van der Waals surface area contributed by atoms with Crippen LogP contribution in [0.2, 0.25) is 0 Å². The first-order chi connectivity index (χ1) is 15.1. The van der Waals surface area contributed by atoms with Crippen LogP contribution in [-0.2, 0) is 20.6 Å². The molecule has 31 heavy (non-hydrogen) atoms. The zero-order valence-electron chi connectivity index (χ0n) is 18.7. The van der Waals surface area contributed by atoms with Crippen molar-refractivity contribution in [3.05, 3.63) is 59.7 Å². The second-order valence-electron chi connectivity index (χ2n) is 9.58. The molecule has 5 rings (SSSR count). The van der Waals surface area contributed by atoms with Gasteiger partial charge >= 0.3 is 0 Å². The molecular weight excluding hydrogens is 388 g/mol. The van der Waals surface area contributed by atoms with Crippen LogP contribution in [0, 0.1) is 5.92 Å². The SMILES string of the molecule is CC(C)CN(CC1CO1)c1ccc(Cc2ccc(N(CC3CO3)CC3CO3)cc2)cc1. The van der Waals surface area contributed by atoms with Gasteiger partial charge in [-0.25, -0.2) is 0 Å². The molecule has 5 heteroatoms. The molecule has 0 aliphatic carbocycles. The third-order valence-corrected chi connectivity index (χ3v) is 6.08. The topological polar surface area (TPSA) is 44.1 Å². The molecule has 166 valence electrons. The Kier molecular flexibility index (Phi) is 6.17. The number of nitrogens with zero attached hydrogens (tertiary/aromatic N) is 2. The van der Waals surface area contributed by atoms with Gasteiger partial charge in [0, 0.05) is 37.6 Å². The maximum atomic E-state index is 5.46. The van der Waals surface area contributed by atoms with E-state index in [1.165, 1.54) is 22.5 Å². The molecule has 0 spiro atoms. The van der Waals surface area contributed by atoms with Crippen molar-refractivity contribution in [1.82, 2.24) is 0 Å². The average molecular weight is 423 g/mol. The third-order valence-electron chi connectivity index (χ3n) is 6.08. The summed E-state index contributed by atoms with van der Waals surface area (Å²) in [6, 6.07) is 18.1. The average Bonchev–Trinajstić information content (AvgIpc) is 3.59. The number of rotatable bonds is 12. The van der Waals surface area contributed by atoms with Gasteiger partial charge in [0.1, 0.15) is 0 Å². The molecule has 3 saturated heterocycles. The molecular formula is C26H34N2O3. The summed E-state index contributed by atoms with van der Waals surface area (Å²) >= 11 is 0. The third kappa shape index (κ3) is 6.22. The number of hydrogen-bond donors (Lipinski definition) is 0. The van der Waals surface area contributed by atoms with Gasteiger partial charge in [-0.3, -0.25) is 0 Å². The Morgan fingerprint density at radius 3 is 1.45 bits per heavy atom. The summed E-state index contributed by atoms with van der Waals surface area (Å²) in [4.78, 5) is 4.86. The first-order valence-electron chi connectivity index (χ1n) is 11.6. The monoisotopic (exact) mass is 422 g/mol. The highest BCUT2D eigenvalue weighted by Gasteiger charge is 2.31. The quantitative estimate of drug-likeness (QED) is 0.488. The van der Waals surface area contributed by atoms with Crippen molar-refractivity contribution >= 4 is 11.4 Å². The van der Waals surface area contributed by atoms with Crippen molar-refractivity contribution in [2.24, 2.45) is 5.92 Å². The zero-order valence-corrected chi connectivity index (χ0v) is 18.7. The summed E-state index contributed by atoms with van der Waals surface area (Å²) in [6.45, 7) is 11.2. The smallest absolute Gasteiger partial charge is 0.0984 e. The lowest BCUT2D eigenvalue weighted by Gasteiger charge is -2.26. The maximum absolute atomic E-state index is 5.46. The van der Waals surface area contributed by atoms with Gasteiger partial charge in [0.25, 0.3) is 0 Å². The van der Waals surface area contributed by atoms with E-state index in [9.17, 15) is 0 Å². The van der Waals surface area contributed by atoms with Crippen LogP contribution in [-0.4, -0.2) is 64.3 Å². The Bertz CT molecular complexity index is 755. The van der Waals surface area contributed by atoms with Gasteiger partial charge in [0.2, 0.25) is 0 Å². The van der Waals surface area contributed by atoms with E-state index in [0.29, 0.717) is 24.2 Å². The summed E-state index contributed by atoms with van der Waals surface area (Å²) in [5.74, 6) is 0.634. The molecule has 3 aliphatic heterocycles. The van der Waals surface area contributed by atoms with E-state index in [-0.39, 0.29) is 0 Å². The van der Waals surface area contributed by atoms with Crippen molar-refractivity contribution in [1.29, 1.82) is 0 Å². The van der Waals surface area contributed by atoms with E-state index in [1.54, 1.807) is 0 Å². The van der Waals surface area contributed by atoms with Gasteiger partial charge in [0.05, 0.1) is 38.1 Å². The van der Waals surface area contributed by atoms with Gasteiger partial charge < -0.3 is 24.0 Å². The molecule has 0 radical (unpaired) electrons. The largest absolute Gasteiger partial charge is 0.371 e. The molecule has 3 heterocycles. The molecule has 0 bridgehead atoms. The summed E-state index contributed by atoms with van der Waals surface area (Å²) in [6.07, 6.45) is 2.14. The van der Waals surface area contributed by atoms with Crippen molar-refractivity contribution in [2.45, 2.75) is 38.6 Å². The van der Waals surface area contributed by atoms with E-state index in [0.717, 1.165) is 52.4 Å². The Morgan fingerprint density at radius 2 is 1.06 bits per heavy atom. The molecule has 3 atom stereocenters. The summed E-state index contributed by atoms with van der Waals surface area (Å²) in [5.41, 5.74) is 5.24. The minimum atomic E-state index is 0.388. The molecule has 5 nitrogen and oxygen atoms in total. The lowest BCUT2D eigenvalue weighted by Crippen LogP contribution is -2.31. The first kappa shape index (κ1) is 20.8. The van der Waals surface area contributed by atoms with E-state index in [1.807, 2.05) is 0 Å². The molecule has 0 aromatic heterocycles. The summed E-state index contributed by atoms with van der Waals surface area (Å²) in [7, 11) is 0. The van der Waals surface area contributed by atoms with E-state index in [2.05, 4.69) is 72.2 Å². The normalized spacial score (nSPS) is 23.6. The van der Waals surface area contributed by atoms with Crippen molar-refractivity contribution in [3.8, 4) is 0 Å². The minimum absolute atomic E-state index is 0.388. The molecule has 2 aromatic rings. The first-order valence-corrected chi connectivity index (χ1v) is 11.6. The van der Waals surface area contributed by atoms with Crippen LogP contribution in [0.4, 0.5) is 11.4 Å². The van der Waals surface area contributed by atoms with Crippen LogP contribution in [0.5, 0.6) is 0 Å². The van der Waals surface area contributed by atoms with E-state index >= 15 is 0 Å². The maximum Gasteiger partial charge on any atom is 0.0984 e. The van der Waals surface area contributed by atoms with E-state index < -0.39 is 0 Å². The fourth-order valence-corrected chi connectivity index (χ4v) is 4.15. The van der Waals surface area contributed by atoms with Crippen molar-refractivity contribution in [2.75, 3.05) is 55.8 Å². The van der Waals surface area contributed by atoms with Crippen LogP contribution < -0.4 is 9.80 Å². The van der Waals surface area contributed by atoms with Gasteiger partial charge in [-0.15, -0.1) is 0 Å². The molecule has 0 saturated carbocycles. The van der Waals surface area contributed by atoms with E-state index in [4.69, 9.17) is 14.2 Å². The molecule has 3 aliphatic rings. The highest BCUT2D eigenvalue weighted by molar-refractivity contribution is 5.51. The lowest BCUT2D eigenvalue weighted by atomic mass is 10.0. The number of benzene rings is 2. The number of ether oxygens (including phenoxy) is 3. The standard InChI is InChI=1S/C26H34N2O3/c1-19(2)12-27(13-24-16-29-24)22-7-3-20(4-8-22)11-21-5-9-23(10-6-21)28(14-25-17-30-25)15-26-18-31-26/h3-10,19,24-26H,11-18H2,1-2H3. The number of hydrogen-bond acceptors (Lipinski definition) is 5. The minimum Gasteiger partial charge on any atom is -0.371 e. The Morgan fingerprint density at radius 1 is 0.677 bits per heavy atom. The predicted octanol–water partition coefficient (Wildman–Crippen LogP) is 3.74. The Balaban J connectivity index is 1.21. The molecule has 2 aromatic carbocycles.